The van der Waals surface area contributed by atoms with Gasteiger partial charge < -0.3 is 19.9 Å². The molecule has 1 saturated heterocycles. The van der Waals surface area contributed by atoms with Crippen molar-refractivity contribution in [3.05, 3.63) is 29.8 Å². The molecule has 1 aliphatic heterocycles. The van der Waals surface area contributed by atoms with E-state index in [0.717, 1.165) is 11.3 Å². The number of benzene rings is 1. The van der Waals surface area contributed by atoms with E-state index in [1.54, 1.807) is 0 Å². The number of hydrogen-bond donors (Lipinski definition) is 2. The molecular weight excluding hydrogens is 312 g/mol. The summed E-state index contributed by atoms with van der Waals surface area (Å²) in [6.45, 7) is 5.26. The number of ether oxygens (including phenoxy) is 2. The lowest BCUT2D eigenvalue weighted by atomic mass is 10.1. The molecule has 1 heterocycles. The van der Waals surface area contributed by atoms with Gasteiger partial charge in [-0.05, 0) is 24.6 Å². The fourth-order valence-electron chi connectivity index (χ4n) is 2.67. The second kappa shape index (κ2) is 9.24. The molecule has 24 heavy (non-hydrogen) atoms. The summed E-state index contributed by atoms with van der Waals surface area (Å²) in [4.78, 5) is 24.8. The van der Waals surface area contributed by atoms with Crippen molar-refractivity contribution in [1.29, 1.82) is 0 Å². The number of hydrogen-bond acceptors (Lipinski definition) is 5. The summed E-state index contributed by atoms with van der Waals surface area (Å²) in [5, 5.41) is 11.7. The van der Waals surface area contributed by atoms with Gasteiger partial charge in [-0.2, -0.15) is 0 Å². The number of carboxylic acids is 1. The summed E-state index contributed by atoms with van der Waals surface area (Å²) in [5.41, 5.74) is 0.981. The van der Waals surface area contributed by atoms with Crippen molar-refractivity contribution in [3.8, 4) is 5.75 Å². The average Bonchev–Trinajstić information content (AvgIpc) is 2.55. The highest BCUT2D eigenvalue weighted by atomic mass is 16.5. The van der Waals surface area contributed by atoms with Crippen molar-refractivity contribution in [3.63, 3.8) is 0 Å². The van der Waals surface area contributed by atoms with Gasteiger partial charge in [-0.15, -0.1) is 0 Å². The minimum atomic E-state index is -0.977. The van der Waals surface area contributed by atoms with Crippen LogP contribution in [0.4, 0.5) is 0 Å². The molecule has 132 valence electrons. The standard InChI is InChI=1S/C17H24N2O5/c1-2-23-8-9-24-14-5-3-4-13(10-14)12-19-7-6-18-17(22)15(19)11-16(20)21/h3-5,10,15H,2,6-9,11-12H2,1H3,(H,18,22)(H,20,21). The third-order valence-corrected chi connectivity index (χ3v) is 3.79. The van der Waals surface area contributed by atoms with E-state index in [1.807, 2.05) is 36.1 Å². The fourth-order valence-corrected chi connectivity index (χ4v) is 2.67. The van der Waals surface area contributed by atoms with Crippen LogP contribution in [0.25, 0.3) is 0 Å². The van der Waals surface area contributed by atoms with Crippen molar-refractivity contribution >= 4 is 11.9 Å². The first-order chi connectivity index (χ1) is 11.6. The van der Waals surface area contributed by atoms with Crippen molar-refractivity contribution in [1.82, 2.24) is 10.2 Å². The molecule has 0 radical (unpaired) electrons. The molecule has 0 bridgehead atoms. The third kappa shape index (κ3) is 5.50. The van der Waals surface area contributed by atoms with Crippen LogP contribution in [-0.2, 0) is 20.9 Å². The molecule has 2 rings (SSSR count). The molecule has 1 aliphatic rings. The van der Waals surface area contributed by atoms with E-state index in [0.29, 0.717) is 39.5 Å². The highest BCUT2D eigenvalue weighted by Crippen LogP contribution is 2.18. The molecule has 2 N–H and O–H groups in total. The molecule has 0 spiro atoms. The van der Waals surface area contributed by atoms with Gasteiger partial charge in [-0.1, -0.05) is 12.1 Å². The maximum absolute atomic E-state index is 11.9. The Morgan fingerprint density at radius 3 is 3.00 bits per heavy atom. The summed E-state index contributed by atoms with van der Waals surface area (Å²) in [6, 6.07) is 6.98. The molecule has 0 aromatic heterocycles. The van der Waals surface area contributed by atoms with E-state index in [-0.39, 0.29) is 12.3 Å². The van der Waals surface area contributed by atoms with Crippen LogP contribution in [0.3, 0.4) is 0 Å². The first-order valence-corrected chi connectivity index (χ1v) is 8.13. The predicted molar refractivity (Wildman–Crippen MR) is 87.9 cm³/mol. The van der Waals surface area contributed by atoms with Crippen molar-refractivity contribution < 1.29 is 24.2 Å². The lowest BCUT2D eigenvalue weighted by Crippen LogP contribution is -2.55. The smallest absolute Gasteiger partial charge is 0.305 e. The molecule has 1 amide bonds. The number of piperazine rings is 1. The van der Waals surface area contributed by atoms with Gasteiger partial charge >= 0.3 is 5.97 Å². The van der Waals surface area contributed by atoms with E-state index < -0.39 is 12.0 Å². The second-order valence-electron chi connectivity index (χ2n) is 5.57. The summed E-state index contributed by atoms with van der Waals surface area (Å²) < 4.78 is 10.9. The molecule has 7 heteroatoms. The molecular formula is C17H24N2O5. The average molecular weight is 336 g/mol. The summed E-state index contributed by atoms with van der Waals surface area (Å²) in [6.07, 6.45) is -0.198. The Morgan fingerprint density at radius 2 is 2.25 bits per heavy atom. The summed E-state index contributed by atoms with van der Waals surface area (Å²) in [5.74, 6) is -0.466. The van der Waals surface area contributed by atoms with Crippen LogP contribution in [0.5, 0.6) is 5.75 Å². The molecule has 1 aromatic carbocycles. The molecule has 1 atom stereocenters. The Morgan fingerprint density at radius 1 is 1.42 bits per heavy atom. The lowest BCUT2D eigenvalue weighted by molar-refractivity contribution is -0.143. The van der Waals surface area contributed by atoms with Crippen LogP contribution in [0.2, 0.25) is 0 Å². The van der Waals surface area contributed by atoms with Crippen LogP contribution < -0.4 is 10.1 Å². The Bertz CT molecular complexity index is 564. The van der Waals surface area contributed by atoms with Crippen molar-refractivity contribution in [2.75, 3.05) is 32.9 Å². The van der Waals surface area contributed by atoms with Crippen LogP contribution in [-0.4, -0.2) is 60.8 Å². The number of aliphatic carboxylic acids is 1. The monoisotopic (exact) mass is 336 g/mol. The zero-order valence-electron chi connectivity index (χ0n) is 13.9. The van der Waals surface area contributed by atoms with Gasteiger partial charge in [0.15, 0.2) is 0 Å². The Kier molecular flexibility index (Phi) is 7.02. The number of amides is 1. The van der Waals surface area contributed by atoms with Gasteiger partial charge in [-0.25, -0.2) is 0 Å². The first-order valence-electron chi connectivity index (χ1n) is 8.13. The van der Waals surface area contributed by atoms with Gasteiger partial charge in [0, 0.05) is 26.2 Å². The zero-order chi connectivity index (χ0) is 17.4. The SMILES string of the molecule is CCOCCOc1cccc(CN2CCNC(=O)C2CC(=O)O)c1. The number of nitrogens with one attached hydrogen (secondary N) is 1. The Balaban J connectivity index is 1.97. The van der Waals surface area contributed by atoms with Crippen LogP contribution in [0.1, 0.15) is 18.9 Å². The van der Waals surface area contributed by atoms with Gasteiger partial charge in [-0.3, -0.25) is 14.5 Å². The fraction of sp³-hybridized carbons (Fsp3) is 0.529. The lowest BCUT2D eigenvalue weighted by Gasteiger charge is -2.34. The van der Waals surface area contributed by atoms with Crippen LogP contribution in [0, 0.1) is 0 Å². The number of carbonyl (C=O) groups is 2. The first kappa shape index (κ1) is 18.2. The van der Waals surface area contributed by atoms with Gasteiger partial charge in [0.2, 0.25) is 5.91 Å². The highest BCUT2D eigenvalue weighted by Gasteiger charge is 2.31. The van der Waals surface area contributed by atoms with Crippen LogP contribution in [0.15, 0.2) is 24.3 Å². The third-order valence-electron chi connectivity index (χ3n) is 3.79. The van der Waals surface area contributed by atoms with Crippen molar-refractivity contribution in [2.45, 2.75) is 25.9 Å². The Hall–Kier alpha value is -2.12. The second-order valence-corrected chi connectivity index (χ2v) is 5.57. The molecule has 1 aromatic rings. The van der Waals surface area contributed by atoms with Gasteiger partial charge in [0.05, 0.1) is 13.0 Å². The number of rotatable bonds is 9. The number of nitrogens with zero attached hydrogens (tertiary/aromatic N) is 1. The molecule has 0 aliphatic carbocycles. The normalized spacial score (nSPS) is 18.2. The number of carbonyl (C=O) groups excluding carboxylic acids is 1. The van der Waals surface area contributed by atoms with E-state index >= 15 is 0 Å². The quantitative estimate of drug-likeness (QED) is 0.651. The summed E-state index contributed by atoms with van der Waals surface area (Å²) >= 11 is 0. The van der Waals surface area contributed by atoms with Gasteiger partial charge in [0.25, 0.3) is 0 Å². The minimum absolute atomic E-state index is 0.198. The van der Waals surface area contributed by atoms with E-state index in [1.165, 1.54) is 0 Å². The van der Waals surface area contributed by atoms with Gasteiger partial charge in [0.1, 0.15) is 18.4 Å². The maximum atomic E-state index is 11.9. The van der Waals surface area contributed by atoms with E-state index in [2.05, 4.69) is 5.32 Å². The van der Waals surface area contributed by atoms with E-state index in [9.17, 15) is 9.59 Å². The molecule has 1 fully saturated rings. The highest BCUT2D eigenvalue weighted by molar-refractivity contribution is 5.86. The van der Waals surface area contributed by atoms with E-state index in [4.69, 9.17) is 14.6 Å². The largest absolute Gasteiger partial charge is 0.491 e. The molecule has 1 unspecified atom stereocenters. The maximum Gasteiger partial charge on any atom is 0.305 e. The van der Waals surface area contributed by atoms with Crippen molar-refractivity contribution in [2.24, 2.45) is 0 Å². The summed E-state index contributed by atoms with van der Waals surface area (Å²) in [7, 11) is 0. The predicted octanol–water partition coefficient (Wildman–Crippen LogP) is 0.877. The minimum Gasteiger partial charge on any atom is -0.491 e. The molecule has 7 nitrogen and oxygen atoms in total. The zero-order valence-corrected chi connectivity index (χ0v) is 13.9. The number of carboxylic acid groups (broad SMARTS) is 1. The molecule has 0 saturated carbocycles. The van der Waals surface area contributed by atoms with Crippen LogP contribution >= 0.6 is 0 Å². The Labute approximate surface area is 141 Å². The topological polar surface area (TPSA) is 88.1 Å².